The third kappa shape index (κ3) is 8.20. The molecule has 0 saturated heterocycles. The van der Waals surface area contributed by atoms with Crippen molar-refractivity contribution < 1.29 is 38.1 Å². The van der Waals surface area contributed by atoms with Gasteiger partial charge in [0.2, 0.25) is 0 Å². The third-order valence-electron chi connectivity index (χ3n) is 6.34. The second-order valence-corrected chi connectivity index (χ2v) is 9.02. The van der Waals surface area contributed by atoms with E-state index in [0.29, 0.717) is 52.0 Å². The first-order valence-corrected chi connectivity index (χ1v) is 13.4. The largest absolute Gasteiger partial charge is 0.494 e. The minimum atomic E-state index is -0.698. The molecule has 0 atom stereocenters. The normalized spacial score (nSPS) is 10.9. The van der Waals surface area contributed by atoms with E-state index in [1.807, 2.05) is 12.1 Å². The number of aromatic nitrogens is 1. The van der Waals surface area contributed by atoms with Crippen LogP contribution in [0.1, 0.15) is 31.0 Å². The lowest BCUT2D eigenvalue weighted by Gasteiger charge is -2.14. The summed E-state index contributed by atoms with van der Waals surface area (Å²) in [7, 11) is 6.21. The molecule has 0 N–H and O–H groups in total. The van der Waals surface area contributed by atoms with Gasteiger partial charge in [0.15, 0.2) is 29.6 Å². The predicted molar refractivity (Wildman–Crippen MR) is 166 cm³/mol. The highest BCUT2D eigenvalue weighted by molar-refractivity contribution is 6.18. The summed E-state index contributed by atoms with van der Waals surface area (Å²) < 4.78 is 33.1. The van der Waals surface area contributed by atoms with Crippen LogP contribution < -0.4 is 28.4 Å². The van der Waals surface area contributed by atoms with E-state index in [-0.39, 0.29) is 24.7 Å². The molecule has 0 aliphatic carbocycles. The Kier molecular flexibility index (Phi) is 12.3. The fourth-order valence-electron chi connectivity index (χ4n) is 4.14. The molecule has 3 aromatic carbocycles. The number of carbonyl (C=O) groups is 1. The molecule has 0 fully saturated rings. The van der Waals surface area contributed by atoms with Gasteiger partial charge < -0.3 is 33.3 Å². The molecule has 0 unspecified atom stereocenters. The maximum atomic E-state index is 12.7. The van der Waals surface area contributed by atoms with Crippen LogP contribution in [-0.4, -0.2) is 58.3 Å². The summed E-state index contributed by atoms with van der Waals surface area (Å²) in [5, 5.41) is 5.78. The van der Waals surface area contributed by atoms with Crippen molar-refractivity contribution in [3.8, 4) is 34.5 Å². The number of ether oxygens (including phenoxy) is 6. The summed E-state index contributed by atoms with van der Waals surface area (Å²) in [6, 6.07) is 17.8. The maximum absolute atomic E-state index is 12.7. The number of pyridine rings is 1. The van der Waals surface area contributed by atoms with Gasteiger partial charge in [0.1, 0.15) is 22.9 Å². The van der Waals surface area contributed by atoms with Gasteiger partial charge in [-0.2, -0.15) is 0 Å². The highest BCUT2D eigenvalue weighted by atomic mass is 35.5. The number of hydrogen-bond acceptors (Lipinski definition) is 10. The van der Waals surface area contributed by atoms with Crippen LogP contribution in [0.25, 0.3) is 10.8 Å². The van der Waals surface area contributed by atoms with E-state index in [4.69, 9.17) is 33.3 Å². The summed E-state index contributed by atoms with van der Waals surface area (Å²) >= 11 is 0. The van der Waals surface area contributed by atoms with Gasteiger partial charge in [-0.25, -0.2) is 4.79 Å². The Morgan fingerprint density at radius 2 is 1.40 bits per heavy atom. The van der Waals surface area contributed by atoms with E-state index >= 15 is 0 Å². The number of rotatable bonds is 14. The average molecular weight is 611 g/mol. The lowest BCUT2D eigenvalue weighted by molar-refractivity contribution is -0.146. The van der Waals surface area contributed by atoms with Crippen LogP contribution in [-0.2, 0) is 9.63 Å². The molecule has 0 saturated carbocycles. The molecule has 0 radical (unpaired) electrons. The minimum Gasteiger partial charge on any atom is -0.494 e. The zero-order valence-corrected chi connectivity index (χ0v) is 25.6. The Labute approximate surface area is 256 Å². The van der Waals surface area contributed by atoms with Crippen molar-refractivity contribution in [1.29, 1.82) is 0 Å². The van der Waals surface area contributed by atoms with Gasteiger partial charge in [0.05, 0.1) is 35.0 Å². The topological polar surface area (TPSA) is 107 Å². The predicted octanol–water partition coefficient (Wildman–Crippen LogP) is 6.24. The van der Waals surface area contributed by atoms with E-state index in [0.717, 1.165) is 24.0 Å². The Morgan fingerprint density at radius 1 is 0.767 bits per heavy atom. The van der Waals surface area contributed by atoms with Crippen LogP contribution in [0.3, 0.4) is 0 Å². The van der Waals surface area contributed by atoms with Crippen molar-refractivity contribution in [2.45, 2.75) is 19.8 Å². The number of hydrogen-bond donors (Lipinski definition) is 0. The molecule has 10 nitrogen and oxygen atoms in total. The van der Waals surface area contributed by atoms with E-state index < -0.39 is 5.97 Å². The van der Waals surface area contributed by atoms with Crippen molar-refractivity contribution in [2.75, 3.05) is 41.7 Å². The lowest BCUT2D eigenvalue weighted by atomic mass is 10.0. The monoisotopic (exact) mass is 610 g/mol. The van der Waals surface area contributed by atoms with Crippen molar-refractivity contribution in [2.24, 2.45) is 5.16 Å². The maximum Gasteiger partial charge on any atom is 0.372 e. The average Bonchev–Trinajstić information content (AvgIpc) is 3.03. The SMILES string of the molecule is CCCCOc1ccc(OCC(=O)O/N=C(/c2ccc(OC)c(OC)c2)c2nccc3cc(OC)c(OC)cc23)cc1.Cl. The van der Waals surface area contributed by atoms with Crippen LogP contribution in [0.4, 0.5) is 0 Å². The highest BCUT2D eigenvalue weighted by Crippen LogP contribution is 2.35. The van der Waals surface area contributed by atoms with E-state index in [2.05, 4.69) is 17.1 Å². The Balaban J connectivity index is 0.00000506. The quantitative estimate of drug-likeness (QED) is 0.0709. The number of carbonyl (C=O) groups excluding carboxylic acids is 1. The number of halogens is 1. The van der Waals surface area contributed by atoms with E-state index in [1.54, 1.807) is 76.1 Å². The van der Waals surface area contributed by atoms with Gasteiger partial charge >= 0.3 is 5.97 Å². The van der Waals surface area contributed by atoms with Gasteiger partial charge in [0, 0.05) is 17.1 Å². The van der Waals surface area contributed by atoms with Crippen molar-refractivity contribution in [3.05, 3.63) is 78.1 Å². The summed E-state index contributed by atoms with van der Waals surface area (Å²) in [5.74, 6) is 2.61. The van der Waals surface area contributed by atoms with Crippen LogP contribution >= 0.6 is 12.4 Å². The number of nitrogens with zero attached hydrogens (tertiary/aromatic N) is 2. The first-order valence-electron chi connectivity index (χ1n) is 13.4. The van der Waals surface area contributed by atoms with Gasteiger partial charge in [0.25, 0.3) is 0 Å². The fraction of sp³-hybridized carbons (Fsp3) is 0.281. The lowest BCUT2D eigenvalue weighted by Crippen LogP contribution is -2.15. The van der Waals surface area contributed by atoms with Crippen LogP contribution in [0.15, 0.2) is 72.0 Å². The fourth-order valence-corrected chi connectivity index (χ4v) is 4.14. The number of benzene rings is 3. The number of fused-ring (bicyclic) bond motifs is 1. The van der Waals surface area contributed by atoms with Gasteiger partial charge in [-0.1, -0.05) is 18.5 Å². The highest BCUT2D eigenvalue weighted by Gasteiger charge is 2.19. The zero-order chi connectivity index (χ0) is 29.9. The second kappa shape index (κ2) is 16.1. The number of unbranched alkanes of at least 4 members (excludes halogenated alkanes) is 1. The number of methoxy groups -OCH3 is 4. The third-order valence-corrected chi connectivity index (χ3v) is 6.34. The molecule has 4 aromatic rings. The molecule has 11 heteroatoms. The molecule has 1 heterocycles. The Bertz CT molecular complexity index is 1540. The molecular formula is C32H35ClN2O8. The van der Waals surface area contributed by atoms with Crippen molar-refractivity contribution in [1.82, 2.24) is 4.98 Å². The van der Waals surface area contributed by atoms with E-state index in [9.17, 15) is 4.79 Å². The van der Waals surface area contributed by atoms with Crippen LogP contribution in [0.2, 0.25) is 0 Å². The number of oxime groups is 1. The molecule has 4 rings (SSSR count). The molecule has 0 aliphatic rings. The molecule has 43 heavy (non-hydrogen) atoms. The van der Waals surface area contributed by atoms with Gasteiger partial charge in [-0.05, 0) is 72.5 Å². The Morgan fingerprint density at radius 3 is 2.05 bits per heavy atom. The van der Waals surface area contributed by atoms with Crippen molar-refractivity contribution in [3.63, 3.8) is 0 Å². The summed E-state index contributed by atoms with van der Waals surface area (Å²) in [6.07, 6.45) is 3.67. The molecular weight excluding hydrogens is 576 g/mol. The smallest absolute Gasteiger partial charge is 0.372 e. The van der Waals surface area contributed by atoms with E-state index in [1.165, 1.54) is 7.11 Å². The Hall–Kier alpha value is -4.70. The van der Waals surface area contributed by atoms with Gasteiger partial charge in [-0.3, -0.25) is 4.98 Å². The second-order valence-electron chi connectivity index (χ2n) is 9.02. The first kappa shape index (κ1) is 32.8. The molecule has 0 aliphatic heterocycles. The molecule has 228 valence electrons. The van der Waals surface area contributed by atoms with Crippen molar-refractivity contribution >= 4 is 34.9 Å². The standard InChI is InChI=1S/C32H34N2O8.ClH/c1-6-7-16-40-23-9-11-24(12-10-23)41-20-30(35)42-34-31(22-8-13-26(36-2)27(18-22)37-3)32-25-19-29(39-5)28(38-4)17-21(25)14-15-33-32;/h8-15,17-19H,6-7,16,20H2,1-5H3;1H/b34-31-;. The molecule has 0 bridgehead atoms. The van der Waals surface area contributed by atoms with Crippen LogP contribution in [0.5, 0.6) is 34.5 Å². The van der Waals surface area contributed by atoms with Crippen LogP contribution in [0, 0.1) is 0 Å². The summed E-state index contributed by atoms with van der Waals surface area (Å²) in [4.78, 5) is 22.6. The molecule has 0 spiro atoms. The molecule has 1 aromatic heterocycles. The molecule has 0 amide bonds. The zero-order valence-electron chi connectivity index (χ0n) is 24.7. The summed E-state index contributed by atoms with van der Waals surface area (Å²) in [5.41, 5.74) is 1.32. The van der Waals surface area contributed by atoms with Gasteiger partial charge in [-0.15, -0.1) is 12.4 Å². The minimum absolute atomic E-state index is 0. The first-order chi connectivity index (χ1) is 20.5. The summed E-state index contributed by atoms with van der Waals surface area (Å²) in [6.45, 7) is 2.40.